The van der Waals surface area contributed by atoms with Crippen LogP contribution < -0.4 is 0 Å². The second kappa shape index (κ2) is 4.23. The first-order chi connectivity index (χ1) is 7.25. The molecule has 4 nitrogen and oxygen atoms in total. The van der Waals surface area contributed by atoms with Crippen molar-refractivity contribution in [3.63, 3.8) is 0 Å². The van der Waals surface area contributed by atoms with Gasteiger partial charge in [-0.3, -0.25) is 0 Å². The minimum absolute atomic E-state index is 0.562. The smallest absolute Gasteiger partial charge is 0.111 e. The van der Waals surface area contributed by atoms with E-state index in [0.717, 1.165) is 5.56 Å². The Morgan fingerprint density at radius 1 is 1.33 bits per heavy atom. The van der Waals surface area contributed by atoms with E-state index in [-0.39, 0.29) is 0 Å². The third-order valence-corrected chi connectivity index (χ3v) is 2.32. The third kappa shape index (κ3) is 2.41. The maximum atomic E-state index is 9.81. The second-order valence-corrected chi connectivity index (χ2v) is 3.60. The van der Waals surface area contributed by atoms with E-state index in [0.29, 0.717) is 12.1 Å². The van der Waals surface area contributed by atoms with Gasteiger partial charge >= 0.3 is 0 Å². The Hall–Kier alpha value is -1.68. The summed E-state index contributed by atoms with van der Waals surface area (Å²) in [5, 5.41) is 19.8. The summed E-state index contributed by atoms with van der Waals surface area (Å²) >= 11 is 0. The number of nitrogens with zero attached hydrogens (tertiary/aromatic N) is 2. The van der Waals surface area contributed by atoms with Gasteiger partial charge in [-0.2, -0.15) is 15.4 Å². The number of aryl methyl sites for hydroxylation is 1. The zero-order valence-corrected chi connectivity index (χ0v) is 8.51. The van der Waals surface area contributed by atoms with Gasteiger partial charge in [0.1, 0.15) is 11.8 Å². The second-order valence-electron chi connectivity index (χ2n) is 3.60. The zero-order chi connectivity index (χ0) is 10.7. The van der Waals surface area contributed by atoms with E-state index < -0.39 is 6.10 Å². The number of H-pyrrole nitrogens is 1. The van der Waals surface area contributed by atoms with Crippen molar-refractivity contribution < 1.29 is 5.11 Å². The largest absolute Gasteiger partial charge is 0.386 e. The minimum Gasteiger partial charge on any atom is -0.386 e. The van der Waals surface area contributed by atoms with Gasteiger partial charge in [0.15, 0.2) is 0 Å². The molecule has 78 valence electrons. The number of aliphatic hydroxyl groups excluding tert-OH is 1. The van der Waals surface area contributed by atoms with Crippen molar-refractivity contribution in [1.29, 1.82) is 0 Å². The van der Waals surface area contributed by atoms with E-state index in [1.165, 1.54) is 5.56 Å². The maximum absolute atomic E-state index is 9.81. The lowest BCUT2D eigenvalue weighted by Crippen LogP contribution is -2.02. The van der Waals surface area contributed by atoms with Crippen LogP contribution in [0, 0.1) is 6.92 Å². The average molecular weight is 203 g/mol. The van der Waals surface area contributed by atoms with E-state index in [2.05, 4.69) is 15.4 Å². The highest BCUT2D eigenvalue weighted by Gasteiger charge is 2.10. The summed E-state index contributed by atoms with van der Waals surface area (Å²) in [6, 6.07) is 8.09. The van der Waals surface area contributed by atoms with Gasteiger partial charge in [0.25, 0.3) is 0 Å². The van der Waals surface area contributed by atoms with Gasteiger partial charge in [0.2, 0.25) is 0 Å². The molecule has 15 heavy (non-hydrogen) atoms. The fourth-order valence-electron chi connectivity index (χ4n) is 1.42. The molecule has 0 fully saturated rings. The van der Waals surface area contributed by atoms with Crippen LogP contribution in [-0.4, -0.2) is 20.5 Å². The number of aromatic amines is 1. The Morgan fingerprint density at radius 2 is 2.07 bits per heavy atom. The molecule has 1 aromatic carbocycles. The van der Waals surface area contributed by atoms with E-state index in [1.807, 2.05) is 31.2 Å². The standard InChI is InChI=1S/C11H13N3O/c1-8-2-4-9(5-3-8)6-11(15)10-7-12-14-13-10/h2-5,7,11,15H,6H2,1H3,(H,12,13,14). The molecule has 0 amide bonds. The lowest BCUT2D eigenvalue weighted by Gasteiger charge is -2.07. The molecule has 0 saturated carbocycles. The van der Waals surface area contributed by atoms with Crippen molar-refractivity contribution in [2.75, 3.05) is 0 Å². The first kappa shape index (κ1) is 9.86. The molecule has 2 N–H and O–H groups in total. The van der Waals surface area contributed by atoms with Crippen LogP contribution in [0.25, 0.3) is 0 Å². The number of aromatic nitrogens is 3. The number of hydrogen-bond acceptors (Lipinski definition) is 3. The molecule has 4 heteroatoms. The number of hydrogen-bond donors (Lipinski definition) is 2. The van der Waals surface area contributed by atoms with E-state index in [9.17, 15) is 5.11 Å². The highest BCUT2D eigenvalue weighted by Crippen LogP contribution is 2.15. The van der Waals surface area contributed by atoms with Crippen LogP contribution in [-0.2, 0) is 6.42 Å². The lowest BCUT2D eigenvalue weighted by atomic mass is 10.0. The Morgan fingerprint density at radius 3 is 2.67 bits per heavy atom. The highest BCUT2D eigenvalue weighted by molar-refractivity contribution is 5.22. The Kier molecular flexibility index (Phi) is 2.78. The van der Waals surface area contributed by atoms with Gasteiger partial charge in [0, 0.05) is 6.42 Å². The van der Waals surface area contributed by atoms with Crippen LogP contribution in [0.5, 0.6) is 0 Å². The van der Waals surface area contributed by atoms with Crippen molar-refractivity contribution in [2.45, 2.75) is 19.4 Å². The summed E-state index contributed by atoms with van der Waals surface area (Å²) in [6.45, 7) is 2.04. The summed E-state index contributed by atoms with van der Waals surface area (Å²) in [5.74, 6) is 0. The molecule has 0 bridgehead atoms. The molecule has 0 aliphatic heterocycles. The van der Waals surface area contributed by atoms with Gasteiger partial charge in [-0.15, -0.1) is 0 Å². The van der Waals surface area contributed by atoms with Crippen molar-refractivity contribution in [3.8, 4) is 0 Å². The normalized spacial score (nSPS) is 12.7. The van der Waals surface area contributed by atoms with Gasteiger partial charge in [0.05, 0.1) is 6.20 Å². The Balaban J connectivity index is 2.06. The average Bonchev–Trinajstić information content (AvgIpc) is 2.74. The van der Waals surface area contributed by atoms with Crippen LogP contribution in [0.1, 0.15) is 22.9 Å². The molecule has 0 aliphatic rings. The monoisotopic (exact) mass is 203 g/mol. The minimum atomic E-state index is -0.591. The first-order valence-corrected chi connectivity index (χ1v) is 4.85. The SMILES string of the molecule is Cc1ccc(CC(O)c2cn[nH]n2)cc1. The summed E-state index contributed by atoms with van der Waals surface area (Å²) in [7, 11) is 0. The van der Waals surface area contributed by atoms with Gasteiger partial charge in [-0.05, 0) is 12.5 Å². The molecule has 0 radical (unpaired) electrons. The highest BCUT2D eigenvalue weighted by atomic mass is 16.3. The molecule has 1 aromatic heterocycles. The van der Waals surface area contributed by atoms with Gasteiger partial charge in [-0.1, -0.05) is 29.8 Å². The van der Waals surface area contributed by atoms with Crippen molar-refractivity contribution >= 4 is 0 Å². The number of rotatable bonds is 3. The fraction of sp³-hybridized carbons (Fsp3) is 0.273. The van der Waals surface area contributed by atoms with E-state index >= 15 is 0 Å². The molecule has 0 saturated heterocycles. The van der Waals surface area contributed by atoms with E-state index in [4.69, 9.17) is 0 Å². The molecule has 2 aromatic rings. The molecule has 1 atom stereocenters. The van der Waals surface area contributed by atoms with Crippen molar-refractivity contribution in [1.82, 2.24) is 15.4 Å². The van der Waals surface area contributed by atoms with E-state index in [1.54, 1.807) is 6.20 Å². The molecule has 0 spiro atoms. The topological polar surface area (TPSA) is 61.8 Å². The Labute approximate surface area is 88.0 Å². The van der Waals surface area contributed by atoms with Crippen LogP contribution in [0.3, 0.4) is 0 Å². The number of benzene rings is 1. The zero-order valence-electron chi connectivity index (χ0n) is 8.51. The predicted octanol–water partition coefficient (Wildman–Crippen LogP) is 1.39. The lowest BCUT2D eigenvalue weighted by molar-refractivity contribution is 0.173. The number of aliphatic hydroxyl groups is 1. The van der Waals surface area contributed by atoms with Gasteiger partial charge in [-0.25, -0.2) is 0 Å². The summed E-state index contributed by atoms with van der Waals surface area (Å²) < 4.78 is 0. The van der Waals surface area contributed by atoms with Gasteiger partial charge < -0.3 is 5.11 Å². The van der Waals surface area contributed by atoms with Crippen LogP contribution in [0.4, 0.5) is 0 Å². The van der Waals surface area contributed by atoms with Crippen LogP contribution >= 0.6 is 0 Å². The van der Waals surface area contributed by atoms with Crippen LogP contribution in [0.2, 0.25) is 0 Å². The quantitative estimate of drug-likeness (QED) is 0.792. The molecule has 0 aliphatic carbocycles. The predicted molar refractivity (Wildman–Crippen MR) is 56.2 cm³/mol. The molecular formula is C11H13N3O. The van der Waals surface area contributed by atoms with Crippen LogP contribution in [0.15, 0.2) is 30.5 Å². The van der Waals surface area contributed by atoms with Crippen molar-refractivity contribution in [2.24, 2.45) is 0 Å². The molecule has 2 rings (SSSR count). The molecular weight excluding hydrogens is 190 g/mol. The Bertz CT molecular complexity index is 408. The molecule has 1 unspecified atom stereocenters. The first-order valence-electron chi connectivity index (χ1n) is 4.85. The van der Waals surface area contributed by atoms with Crippen molar-refractivity contribution in [3.05, 3.63) is 47.3 Å². The fourth-order valence-corrected chi connectivity index (χ4v) is 1.42. The third-order valence-electron chi connectivity index (χ3n) is 2.32. The maximum Gasteiger partial charge on any atom is 0.111 e. The summed E-state index contributed by atoms with van der Waals surface area (Å²) in [4.78, 5) is 0. The summed E-state index contributed by atoms with van der Waals surface area (Å²) in [5.41, 5.74) is 2.89. The number of nitrogens with one attached hydrogen (secondary N) is 1. The molecule has 1 heterocycles. The summed E-state index contributed by atoms with van der Waals surface area (Å²) in [6.07, 6.45) is 1.51.